The van der Waals surface area contributed by atoms with Gasteiger partial charge in [-0.15, -0.1) is 6.58 Å². The molecule has 0 radical (unpaired) electrons. The molecule has 2 atom stereocenters. The van der Waals surface area contributed by atoms with Gasteiger partial charge in [-0.2, -0.15) is 0 Å². The Morgan fingerprint density at radius 1 is 1.50 bits per heavy atom. The highest BCUT2D eigenvalue weighted by Gasteiger charge is 2.53. The van der Waals surface area contributed by atoms with Crippen molar-refractivity contribution >= 4 is 12.1 Å². The van der Waals surface area contributed by atoms with Gasteiger partial charge in [0.25, 0.3) is 0 Å². The van der Waals surface area contributed by atoms with E-state index in [1.54, 1.807) is 0 Å². The maximum Gasteiger partial charge on any atom is 0.408 e. The van der Waals surface area contributed by atoms with Crippen LogP contribution in [0.2, 0.25) is 0 Å². The minimum Gasteiger partial charge on any atom is -0.480 e. The van der Waals surface area contributed by atoms with Gasteiger partial charge in [0.2, 0.25) is 0 Å². The van der Waals surface area contributed by atoms with E-state index in [0.717, 1.165) is 25.2 Å². The van der Waals surface area contributed by atoms with Crippen LogP contribution in [0.3, 0.4) is 0 Å². The van der Waals surface area contributed by atoms with Crippen LogP contribution in [-0.4, -0.2) is 29.3 Å². The number of carboxylic acid groups (broad SMARTS) is 1. The molecule has 0 bridgehead atoms. The van der Waals surface area contributed by atoms with Crippen molar-refractivity contribution in [2.24, 2.45) is 11.8 Å². The maximum absolute atomic E-state index is 11.2. The summed E-state index contributed by atoms with van der Waals surface area (Å²) in [7, 11) is 0. The van der Waals surface area contributed by atoms with Crippen molar-refractivity contribution in [3.05, 3.63) is 12.7 Å². The number of rotatable bonds is 6. The molecule has 2 N–H and O–H groups in total. The second-order valence-electron chi connectivity index (χ2n) is 5.95. The van der Waals surface area contributed by atoms with Crippen molar-refractivity contribution in [1.82, 2.24) is 5.32 Å². The van der Waals surface area contributed by atoms with Crippen LogP contribution in [0, 0.1) is 11.8 Å². The van der Waals surface area contributed by atoms with Gasteiger partial charge in [0.1, 0.15) is 12.1 Å². The van der Waals surface area contributed by atoms with Crippen molar-refractivity contribution in [3.8, 4) is 0 Å². The van der Waals surface area contributed by atoms with E-state index < -0.39 is 24.2 Å². The summed E-state index contributed by atoms with van der Waals surface area (Å²) in [5.74, 6) is 0.113. The molecule has 0 saturated heterocycles. The summed E-state index contributed by atoms with van der Waals surface area (Å²) in [6.07, 6.45) is 3.86. The molecule has 5 heteroatoms. The van der Waals surface area contributed by atoms with Crippen LogP contribution >= 0.6 is 0 Å². The second kappa shape index (κ2) is 8.61. The lowest BCUT2D eigenvalue weighted by molar-refractivity contribution is -0.135. The summed E-state index contributed by atoms with van der Waals surface area (Å²) in [5.41, 5.74) is -0.425. The van der Waals surface area contributed by atoms with E-state index >= 15 is 0 Å². The van der Waals surface area contributed by atoms with Crippen LogP contribution in [0.4, 0.5) is 4.79 Å². The van der Waals surface area contributed by atoms with Gasteiger partial charge >= 0.3 is 12.1 Å². The number of aliphatic carboxylic acids is 1. The highest BCUT2D eigenvalue weighted by molar-refractivity contribution is 5.76. The Morgan fingerprint density at radius 3 is 2.50 bits per heavy atom. The highest BCUT2D eigenvalue weighted by atomic mass is 16.6. The molecule has 0 aromatic carbocycles. The minimum atomic E-state index is -1.08. The Morgan fingerprint density at radius 2 is 2.05 bits per heavy atom. The molecule has 0 spiro atoms. The summed E-state index contributed by atoms with van der Waals surface area (Å²) in [6, 6.07) is 0. The van der Waals surface area contributed by atoms with Crippen molar-refractivity contribution in [2.75, 3.05) is 6.54 Å². The van der Waals surface area contributed by atoms with Crippen molar-refractivity contribution in [3.63, 3.8) is 0 Å². The molecule has 1 rings (SSSR count). The van der Waals surface area contributed by atoms with E-state index in [4.69, 9.17) is 9.84 Å². The molecule has 1 amide bonds. The fraction of sp³-hybridized carbons (Fsp3) is 0.733. The Hall–Kier alpha value is -1.52. The van der Waals surface area contributed by atoms with Gasteiger partial charge < -0.3 is 15.2 Å². The quantitative estimate of drug-likeness (QED) is 0.735. The molecule has 2 unspecified atom stereocenters. The van der Waals surface area contributed by atoms with Crippen LogP contribution in [0.5, 0.6) is 0 Å². The van der Waals surface area contributed by atoms with Gasteiger partial charge in [-0.05, 0) is 32.1 Å². The molecule has 0 aromatic rings. The smallest absolute Gasteiger partial charge is 0.408 e. The summed E-state index contributed by atoms with van der Waals surface area (Å²) in [5, 5.41) is 10.5. The van der Waals surface area contributed by atoms with Gasteiger partial charge in [0.15, 0.2) is 0 Å². The largest absolute Gasteiger partial charge is 0.480 e. The first-order chi connectivity index (χ1) is 9.21. The van der Waals surface area contributed by atoms with Crippen molar-refractivity contribution < 1.29 is 19.4 Å². The molecular formula is C15H27NO4. The molecule has 0 aliphatic heterocycles. The first-order valence-electron chi connectivity index (χ1n) is 7.00. The van der Waals surface area contributed by atoms with Crippen LogP contribution in [-0.2, 0) is 9.53 Å². The van der Waals surface area contributed by atoms with E-state index in [-0.39, 0.29) is 0 Å². The Balaban J connectivity index is 0.000000796. The SMILES string of the molecule is C=CCCC1CC1(C)OC(=O)NCC(=O)O.CC(C)C. The fourth-order valence-corrected chi connectivity index (χ4v) is 1.68. The minimum absolute atomic E-state index is 0.362. The van der Waals surface area contributed by atoms with Crippen molar-refractivity contribution in [1.29, 1.82) is 0 Å². The Bertz CT molecular complexity index is 338. The zero-order valence-corrected chi connectivity index (χ0v) is 12.9. The third-order valence-corrected chi connectivity index (χ3v) is 2.78. The van der Waals surface area contributed by atoms with Crippen molar-refractivity contribution in [2.45, 2.75) is 52.6 Å². The summed E-state index contributed by atoms with van der Waals surface area (Å²) in [4.78, 5) is 21.4. The first kappa shape index (κ1) is 18.5. The number of hydrogen-bond donors (Lipinski definition) is 2. The average molecular weight is 285 g/mol. The van der Waals surface area contributed by atoms with E-state index in [1.807, 2.05) is 13.0 Å². The zero-order chi connectivity index (χ0) is 15.8. The van der Waals surface area contributed by atoms with E-state index in [2.05, 4.69) is 32.7 Å². The standard InChI is InChI=1S/C11H17NO4.C4H10/c1-3-4-5-8-6-11(8,2)16-10(15)12-7-9(13)14;1-4(2)3/h3,8H,1,4-7H2,2H3,(H,12,15)(H,13,14);4H,1-3H3. The lowest BCUT2D eigenvalue weighted by Crippen LogP contribution is -2.33. The van der Waals surface area contributed by atoms with Gasteiger partial charge in [-0.3, -0.25) is 4.79 Å². The van der Waals surface area contributed by atoms with Crippen LogP contribution in [0.15, 0.2) is 12.7 Å². The second-order valence-corrected chi connectivity index (χ2v) is 5.95. The van der Waals surface area contributed by atoms with Crippen LogP contribution < -0.4 is 5.32 Å². The molecule has 1 fully saturated rings. The molecule has 1 saturated carbocycles. The molecule has 5 nitrogen and oxygen atoms in total. The maximum atomic E-state index is 11.2. The summed E-state index contributed by atoms with van der Waals surface area (Å²) < 4.78 is 5.16. The third-order valence-electron chi connectivity index (χ3n) is 2.78. The van der Waals surface area contributed by atoms with Gasteiger partial charge in [-0.25, -0.2) is 4.79 Å². The summed E-state index contributed by atoms with van der Waals surface area (Å²) in [6.45, 7) is 11.6. The van der Waals surface area contributed by atoms with E-state index in [0.29, 0.717) is 5.92 Å². The molecule has 0 aromatic heterocycles. The number of carboxylic acids is 1. The van der Waals surface area contributed by atoms with Crippen LogP contribution in [0.25, 0.3) is 0 Å². The normalized spacial score (nSPS) is 23.4. The molecule has 20 heavy (non-hydrogen) atoms. The number of alkyl carbamates (subject to hydrolysis) is 1. The zero-order valence-electron chi connectivity index (χ0n) is 12.9. The number of allylic oxidation sites excluding steroid dienone is 1. The van der Waals surface area contributed by atoms with E-state index in [1.165, 1.54) is 0 Å². The number of carbonyl (C=O) groups is 2. The van der Waals surface area contributed by atoms with Gasteiger partial charge in [0, 0.05) is 5.92 Å². The summed E-state index contributed by atoms with van der Waals surface area (Å²) >= 11 is 0. The molecule has 0 heterocycles. The number of hydrogen-bond acceptors (Lipinski definition) is 3. The number of carbonyl (C=O) groups excluding carboxylic acids is 1. The number of nitrogens with one attached hydrogen (secondary N) is 1. The Kier molecular flexibility index (Phi) is 7.96. The van der Waals surface area contributed by atoms with Gasteiger partial charge in [0.05, 0.1) is 0 Å². The topological polar surface area (TPSA) is 75.6 Å². The van der Waals surface area contributed by atoms with Crippen LogP contribution in [0.1, 0.15) is 47.0 Å². The lowest BCUT2D eigenvalue weighted by Gasteiger charge is -2.13. The molecule has 116 valence electrons. The average Bonchev–Trinajstić information content (AvgIpc) is 2.93. The van der Waals surface area contributed by atoms with E-state index in [9.17, 15) is 9.59 Å². The predicted octanol–water partition coefficient (Wildman–Crippen LogP) is 3.20. The molecule has 1 aliphatic carbocycles. The first-order valence-corrected chi connectivity index (χ1v) is 7.00. The fourth-order valence-electron chi connectivity index (χ4n) is 1.68. The molecular weight excluding hydrogens is 258 g/mol. The number of ether oxygens (including phenoxy) is 1. The highest BCUT2D eigenvalue weighted by Crippen LogP contribution is 2.49. The monoisotopic (exact) mass is 285 g/mol. The Labute approximate surface area is 121 Å². The third kappa shape index (κ3) is 8.56. The molecule has 1 aliphatic rings. The predicted molar refractivity (Wildman–Crippen MR) is 78.6 cm³/mol. The lowest BCUT2D eigenvalue weighted by atomic mass is 10.2. The van der Waals surface area contributed by atoms with Gasteiger partial charge in [-0.1, -0.05) is 26.8 Å². The number of amides is 1.